The number of benzene rings is 2. The Labute approximate surface area is 171 Å². The first-order valence-electron chi connectivity index (χ1n) is 10.3. The monoisotopic (exact) mass is 395 g/mol. The molecule has 1 heterocycles. The number of hydrogen-bond donors (Lipinski definition) is 2. The number of carbonyl (C=O) groups is 1. The zero-order valence-electron chi connectivity index (χ0n) is 17.1. The average Bonchev–Trinajstić information content (AvgIpc) is 3.19. The van der Waals surface area contributed by atoms with E-state index in [1.54, 1.807) is 6.07 Å². The Bertz CT molecular complexity index is 949. The minimum Gasteiger partial charge on any atom is -0.507 e. The molecule has 0 aliphatic rings. The van der Waals surface area contributed by atoms with E-state index in [9.17, 15) is 9.90 Å². The van der Waals surface area contributed by atoms with Crippen LogP contribution in [0.25, 0.3) is 22.2 Å². The molecule has 6 nitrogen and oxygen atoms in total. The molecule has 0 bridgehead atoms. The van der Waals surface area contributed by atoms with Crippen LogP contribution in [0, 0.1) is 5.92 Å². The Morgan fingerprint density at radius 2 is 2.00 bits per heavy atom. The number of nitrogens with zero attached hydrogens (tertiary/aromatic N) is 2. The van der Waals surface area contributed by atoms with E-state index in [1.165, 1.54) is 12.8 Å². The first kappa shape index (κ1) is 20.8. The number of phenolic OH excluding ortho intramolecular Hbond substituents is 1. The number of esters is 1. The smallest absolute Gasteiger partial charge is 0.306 e. The molecule has 6 heteroatoms. The summed E-state index contributed by atoms with van der Waals surface area (Å²) < 4.78 is 5.35. The van der Waals surface area contributed by atoms with Crippen LogP contribution < -0.4 is 0 Å². The molecule has 1 aromatic heterocycles. The van der Waals surface area contributed by atoms with Crippen LogP contribution in [0.15, 0.2) is 36.4 Å². The van der Waals surface area contributed by atoms with E-state index in [1.807, 2.05) is 30.3 Å². The van der Waals surface area contributed by atoms with E-state index < -0.39 is 0 Å². The van der Waals surface area contributed by atoms with Gasteiger partial charge in [0.15, 0.2) is 0 Å². The molecular weight excluding hydrogens is 366 g/mol. The highest BCUT2D eigenvalue weighted by Gasteiger charge is 2.12. The number of ether oxygens (including phenoxy) is 1. The predicted octanol–water partition coefficient (Wildman–Crippen LogP) is 5.02. The number of unbranched alkanes of at least 4 members (excludes halogenated alkanes) is 2. The van der Waals surface area contributed by atoms with E-state index in [0.717, 1.165) is 35.4 Å². The van der Waals surface area contributed by atoms with Gasteiger partial charge in [-0.15, -0.1) is 5.10 Å². The van der Waals surface area contributed by atoms with Crippen LogP contribution in [0.5, 0.6) is 5.75 Å². The summed E-state index contributed by atoms with van der Waals surface area (Å²) in [7, 11) is 0. The van der Waals surface area contributed by atoms with Crippen molar-refractivity contribution in [2.45, 2.75) is 52.4 Å². The molecule has 0 radical (unpaired) electrons. The number of aromatic hydroxyl groups is 1. The zero-order valence-corrected chi connectivity index (χ0v) is 17.1. The molecular formula is C23H29N3O3. The predicted molar refractivity (Wildman–Crippen MR) is 114 cm³/mol. The fraction of sp³-hybridized carbons (Fsp3) is 0.435. The summed E-state index contributed by atoms with van der Waals surface area (Å²) in [5.41, 5.74) is 3.97. The second kappa shape index (κ2) is 10.0. The largest absolute Gasteiger partial charge is 0.507 e. The maximum absolute atomic E-state index is 12.0. The van der Waals surface area contributed by atoms with Gasteiger partial charge in [0.1, 0.15) is 11.3 Å². The minimum atomic E-state index is -0.179. The van der Waals surface area contributed by atoms with Crippen molar-refractivity contribution in [1.29, 1.82) is 0 Å². The third-order valence-electron chi connectivity index (χ3n) is 5.01. The van der Waals surface area contributed by atoms with Crippen LogP contribution in [-0.4, -0.2) is 33.1 Å². The molecule has 3 aromatic rings. The second-order valence-corrected chi connectivity index (χ2v) is 7.83. The molecule has 0 atom stereocenters. The quantitative estimate of drug-likeness (QED) is 0.372. The number of nitrogens with one attached hydrogen (secondary N) is 1. The van der Waals surface area contributed by atoms with Crippen molar-refractivity contribution in [2.24, 2.45) is 5.92 Å². The number of H-pyrrole nitrogens is 1. The highest BCUT2D eigenvalue weighted by atomic mass is 16.5. The van der Waals surface area contributed by atoms with Gasteiger partial charge in [-0.05, 0) is 42.5 Å². The van der Waals surface area contributed by atoms with E-state index >= 15 is 0 Å². The van der Waals surface area contributed by atoms with Crippen LogP contribution in [0.3, 0.4) is 0 Å². The number of phenols is 1. The summed E-state index contributed by atoms with van der Waals surface area (Å²) in [6.45, 7) is 4.94. The topological polar surface area (TPSA) is 88.1 Å². The molecule has 0 saturated carbocycles. The molecule has 3 rings (SSSR count). The first-order valence-corrected chi connectivity index (χ1v) is 10.3. The number of hydrogen-bond acceptors (Lipinski definition) is 5. The Kier molecular flexibility index (Phi) is 7.22. The number of carbonyl (C=O) groups excluding carboxylic acids is 1. The van der Waals surface area contributed by atoms with Crippen molar-refractivity contribution in [3.63, 3.8) is 0 Å². The number of rotatable bonds is 10. The molecule has 0 aliphatic carbocycles. The number of aromatic amines is 1. The van der Waals surface area contributed by atoms with Gasteiger partial charge in [-0.2, -0.15) is 0 Å². The molecule has 0 amide bonds. The van der Waals surface area contributed by atoms with Crippen molar-refractivity contribution in [3.8, 4) is 16.9 Å². The molecule has 29 heavy (non-hydrogen) atoms. The summed E-state index contributed by atoms with van der Waals surface area (Å²) in [5.74, 6) is 0.722. The van der Waals surface area contributed by atoms with Crippen molar-refractivity contribution < 1.29 is 14.6 Å². The van der Waals surface area contributed by atoms with Crippen molar-refractivity contribution in [2.75, 3.05) is 6.61 Å². The molecule has 0 saturated heterocycles. The molecule has 2 N–H and O–H groups in total. The SMILES string of the molecule is CC(C)CCCCCOC(=O)CCc1ccc(O)c(-c2cccc3[nH]nnc23)c1. The number of aryl methyl sites for hydroxylation is 1. The highest BCUT2D eigenvalue weighted by molar-refractivity contribution is 5.93. The fourth-order valence-electron chi connectivity index (χ4n) is 3.38. The van der Waals surface area contributed by atoms with Gasteiger partial charge in [-0.1, -0.05) is 56.5 Å². The molecule has 154 valence electrons. The maximum Gasteiger partial charge on any atom is 0.306 e. The van der Waals surface area contributed by atoms with Crippen LogP contribution in [0.2, 0.25) is 0 Å². The molecule has 0 aliphatic heterocycles. The maximum atomic E-state index is 12.0. The number of aromatic nitrogens is 3. The standard InChI is InChI=1S/C23H29N3O3/c1-16(2)7-4-3-5-14-29-22(28)13-11-17-10-12-21(27)19(15-17)18-8-6-9-20-23(18)25-26-24-20/h6,8-10,12,15-16,27H,3-5,7,11,13-14H2,1-2H3,(H,24,25,26). The summed E-state index contributed by atoms with van der Waals surface area (Å²) in [5, 5.41) is 21.1. The van der Waals surface area contributed by atoms with E-state index in [2.05, 4.69) is 29.3 Å². The van der Waals surface area contributed by atoms with Crippen LogP contribution in [0.1, 0.15) is 51.5 Å². The van der Waals surface area contributed by atoms with Gasteiger partial charge in [-0.3, -0.25) is 9.89 Å². The number of fused-ring (bicyclic) bond motifs is 1. The minimum absolute atomic E-state index is 0.174. The molecule has 0 fully saturated rings. The summed E-state index contributed by atoms with van der Waals surface area (Å²) in [6, 6.07) is 11.1. The lowest BCUT2D eigenvalue weighted by atomic mass is 9.99. The van der Waals surface area contributed by atoms with Gasteiger partial charge >= 0.3 is 5.97 Å². The molecule has 0 unspecified atom stereocenters. The zero-order chi connectivity index (χ0) is 20.6. The van der Waals surface area contributed by atoms with E-state index in [4.69, 9.17) is 4.74 Å². The molecule has 2 aromatic carbocycles. The summed E-state index contributed by atoms with van der Waals surface area (Å²) >= 11 is 0. The highest BCUT2D eigenvalue weighted by Crippen LogP contribution is 2.34. The Balaban J connectivity index is 1.54. The summed E-state index contributed by atoms with van der Waals surface area (Å²) in [6.07, 6.45) is 5.31. The lowest BCUT2D eigenvalue weighted by Gasteiger charge is -2.09. The van der Waals surface area contributed by atoms with Crippen LogP contribution in [-0.2, 0) is 16.0 Å². The Hall–Kier alpha value is -2.89. The van der Waals surface area contributed by atoms with Crippen LogP contribution >= 0.6 is 0 Å². The van der Waals surface area contributed by atoms with E-state index in [-0.39, 0.29) is 11.7 Å². The second-order valence-electron chi connectivity index (χ2n) is 7.83. The Morgan fingerprint density at radius 1 is 1.14 bits per heavy atom. The van der Waals surface area contributed by atoms with Crippen molar-refractivity contribution in [3.05, 3.63) is 42.0 Å². The van der Waals surface area contributed by atoms with Gasteiger partial charge in [0.25, 0.3) is 0 Å². The van der Waals surface area contributed by atoms with Crippen LogP contribution in [0.4, 0.5) is 0 Å². The van der Waals surface area contributed by atoms with Crippen molar-refractivity contribution >= 4 is 17.0 Å². The normalized spacial score (nSPS) is 11.3. The lowest BCUT2D eigenvalue weighted by Crippen LogP contribution is -2.07. The lowest BCUT2D eigenvalue weighted by molar-refractivity contribution is -0.143. The summed E-state index contributed by atoms with van der Waals surface area (Å²) in [4.78, 5) is 12.0. The van der Waals surface area contributed by atoms with Gasteiger partial charge < -0.3 is 9.84 Å². The molecule has 0 spiro atoms. The van der Waals surface area contributed by atoms with Gasteiger partial charge in [0, 0.05) is 17.5 Å². The third kappa shape index (κ3) is 5.79. The Morgan fingerprint density at radius 3 is 2.83 bits per heavy atom. The van der Waals surface area contributed by atoms with Gasteiger partial charge in [0.2, 0.25) is 0 Å². The average molecular weight is 396 g/mol. The third-order valence-corrected chi connectivity index (χ3v) is 5.01. The van der Waals surface area contributed by atoms with Crippen molar-refractivity contribution in [1.82, 2.24) is 15.4 Å². The first-order chi connectivity index (χ1) is 14.0. The van der Waals surface area contributed by atoms with Gasteiger partial charge in [0.05, 0.1) is 12.1 Å². The van der Waals surface area contributed by atoms with E-state index in [0.29, 0.717) is 30.5 Å². The van der Waals surface area contributed by atoms with Gasteiger partial charge in [-0.25, -0.2) is 0 Å². The fourth-order valence-corrected chi connectivity index (χ4v) is 3.38.